The molecule has 4 heterocycles. The second kappa shape index (κ2) is 7.44. The Bertz CT molecular complexity index is 2180. The zero-order valence-corrected chi connectivity index (χ0v) is 21.5. The molecule has 0 saturated carbocycles. The van der Waals surface area contributed by atoms with Crippen molar-refractivity contribution in [2.45, 2.75) is 11.8 Å². The summed E-state index contributed by atoms with van der Waals surface area (Å²) in [6, 6.07) is 25.3. The van der Waals surface area contributed by atoms with Gasteiger partial charge in [0.05, 0.1) is 5.52 Å². The molecule has 2 atom stereocenters. The third kappa shape index (κ3) is 2.60. The molecule has 0 spiro atoms. The van der Waals surface area contributed by atoms with Crippen molar-refractivity contribution in [3.05, 3.63) is 114 Å². The Morgan fingerprint density at radius 1 is 0.789 bits per heavy atom. The number of hydrogen-bond donors (Lipinski definition) is 0. The molecule has 2 aliphatic rings. The van der Waals surface area contributed by atoms with Crippen molar-refractivity contribution in [1.29, 1.82) is 0 Å². The molecule has 0 saturated heterocycles. The van der Waals surface area contributed by atoms with Crippen LogP contribution in [-0.4, -0.2) is 14.5 Å². The predicted octanol–water partition coefficient (Wildman–Crippen LogP) is 9.16. The van der Waals surface area contributed by atoms with Crippen molar-refractivity contribution >= 4 is 66.0 Å². The Morgan fingerprint density at radius 3 is 2.42 bits per heavy atom. The Morgan fingerprint density at radius 2 is 1.53 bits per heavy atom. The number of furan rings is 1. The smallest absolute Gasteiger partial charge is 0.225 e. The van der Waals surface area contributed by atoms with Gasteiger partial charge in [0.15, 0.2) is 11.4 Å². The van der Waals surface area contributed by atoms with Gasteiger partial charge in [0.25, 0.3) is 0 Å². The fourth-order valence-electron chi connectivity index (χ4n) is 6.47. The van der Waals surface area contributed by atoms with E-state index in [-0.39, 0.29) is 17.1 Å². The summed E-state index contributed by atoms with van der Waals surface area (Å²) in [6.07, 6.45) is 9.01. The zero-order valence-electron chi connectivity index (χ0n) is 19.9. The monoisotopic (exact) mass is 527 g/mol. The molecule has 2 unspecified atom stereocenters. The summed E-state index contributed by atoms with van der Waals surface area (Å²) in [5.41, 5.74) is 7.15. The van der Waals surface area contributed by atoms with Crippen molar-refractivity contribution in [3.63, 3.8) is 0 Å². The molecule has 9 rings (SSSR count). The van der Waals surface area contributed by atoms with Crippen LogP contribution in [0.25, 0.3) is 59.3 Å². The van der Waals surface area contributed by atoms with Gasteiger partial charge in [-0.25, -0.2) is 4.98 Å². The first-order chi connectivity index (χ1) is 18.8. The number of benzene rings is 3. The normalized spacial score (nSPS) is 17.9. The van der Waals surface area contributed by atoms with Crippen LogP contribution in [-0.2, 0) is 0 Å². The maximum atomic E-state index is 6.60. The minimum atomic E-state index is 0.140. The van der Waals surface area contributed by atoms with E-state index < -0.39 is 0 Å². The minimum absolute atomic E-state index is 0.140. The highest BCUT2D eigenvalue weighted by atomic mass is 35.5. The third-order valence-corrected chi connectivity index (χ3v) is 9.32. The van der Waals surface area contributed by atoms with Gasteiger partial charge < -0.3 is 4.42 Å². The summed E-state index contributed by atoms with van der Waals surface area (Å²) in [6.45, 7) is 0. The number of nitrogens with zero attached hydrogens (tertiary/aromatic N) is 3. The Balaban J connectivity index is 1.48. The molecule has 0 radical (unpaired) electrons. The average Bonchev–Trinajstić information content (AvgIpc) is 3.63. The number of thiophene rings is 1. The van der Waals surface area contributed by atoms with E-state index in [4.69, 9.17) is 21.0 Å². The van der Waals surface area contributed by atoms with Gasteiger partial charge in [-0.2, -0.15) is 4.98 Å². The van der Waals surface area contributed by atoms with E-state index >= 15 is 0 Å². The van der Waals surface area contributed by atoms with Crippen LogP contribution in [0.2, 0.25) is 5.28 Å². The number of allylic oxidation sites excluding steroid dienone is 4. The third-order valence-electron chi connectivity index (χ3n) is 7.94. The lowest BCUT2D eigenvalue weighted by Crippen LogP contribution is -2.18. The van der Waals surface area contributed by atoms with Crippen molar-refractivity contribution in [3.8, 4) is 16.3 Å². The van der Waals surface area contributed by atoms with E-state index in [1.807, 2.05) is 35.6 Å². The van der Waals surface area contributed by atoms with Gasteiger partial charge in [0, 0.05) is 43.4 Å². The lowest BCUT2D eigenvalue weighted by molar-refractivity contribution is 0.653. The van der Waals surface area contributed by atoms with E-state index in [0.717, 1.165) is 22.0 Å². The van der Waals surface area contributed by atoms with Crippen molar-refractivity contribution in [2.24, 2.45) is 0 Å². The quantitative estimate of drug-likeness (QED) is 0.200. The molecule has 180 valence electrons. The molecule has 4 nitrogen and oxygen atoms in total. The Hall–Kier alpha value is -4.19. The molecule has 38 heavy (non-hydrogen) atoms. The van der Waals surface area contributed by atoms with E-state index in [0.29, 0.717) is 11.4 Å². The number of halogens is 1. The average molecular weight is 528 g/mol. The van der Waals surface area contributed by atoms with Crippen molar-refractivity contribution < 1.29 is 4.42 Å². The van der Waals surface area contributed by atoms with E-state index in [1.165, 1.54) is 37.2 Å². The minimum Gasteiger partial charge on any atom is -0.450 e. The van der Waals surface area contributed by atoms with Crippen molar-refractivity contribution in [1.82, 2.24) is 14.5 Å². The number of fused-ring (bicyclic) bond motifs is 13. The largest absolute Gasteiger partial charge is 0.450 e. The molecular formula is C32H18ClN3OS. The van der Waals surface area contributed by atoms with Crippen LogP contribution in [0.1, 0.15) is 23.1 Å². The number of rotatable bonds is 1. The van der Waals surface area contributed by atoms with E-state index in [9.17, 15) is 0 Å². The standard InChI is InChI=1S/C32H18ClN3OS/c33-32-34-27-20-12-4-7-15-23(20)37-29(27)31(35-32)36-22-14-6-3-11-19(22)26-28(36)18-10-2-1-9-17(18)25-21-13-5-8-16-24(21)38-30(25)26/h1-18H. The molecule has 0 amide bonds. The summed E-state index contributed by atoms with van der Waals surface area (Å²) < 4.78 is 10.0. The van der Waals surface area contributed by atoms with E-state index in [1.54, 1.807) is 0 Å². The van der Waals surface area contributed by atoms with Gasteiger partial charge in [0.2, 0.25) is 5.28 Å². The highest BCUT2D eigenvalue weighted by Gasteiger charge is 2.40. The topological polar surface area (TPSA) is 43.9 Å². The molecule has 7 aromatic rings. The summed E-state index contributed by atoms with van der Waals surface area (Å²) >= 11 is 8.48. The van der Waals surface area contributed by atoms with Gasteiger partial charge in [-0.1, -0.05) is 72.8 Å². The van der Waals surface area contributed by atoms with Crippen LogP contribution in [0.15, 0.2) is 102 Å². The fourth-order valence-corrected chi connectivity index (χ4v) is 7.96. The SMILES string of the molecule is Clc1nc(-n2c3c(c4ccccc42)-c2sc4ccccc4c2C2C=CC=CC32)c2oc3ccccc3c2n1. The highest BCUT2D eigenvalue weighted by Crippen LogP contribution is 2.58. The fraction of sp³-hybridized carbons (Fsp3) is 0.0625. The zero-order chi connectivity index (χ0) is 25.0. The summed E-state index contributed by atoms with van der Waals surface area (Å²) in [7, 11) is 0. The maximum absolute atomic E-state index is 6.60. The van der Waals surface area contributed by atoms with Crippen LogP contribution in [0.5, 0.6) is 0 Å². The molecule has 2 aliphatic carbocycles. The maximum Gasteiger partial charge on any atom is 0.225 e. The van der Waals surface area contributed by atoms with Gasteiger partial charge in [-0.3, -0.25) is 4.57 Å². The molecule has 6 heteroatoms. The van der Waals surface area contributed by atoms with Crippen LogP contribution in [0.3, 0.4) is 0 Å². The van der Waals surface area contributed by atoms with Gasteiger partial charge in [-0.15, -0.1) is 11.3 Å². The molecule has 0 bridgehead atoms. The lowest BCUT2D eigenvalue weighted by Gasteiger charge is -2.31. The van der Waals surface area contributed by atoms with Gasteiger partial charge >= 0.3 is 0 Å². The second-order valence-electron chi connectivity index (χ2n) is 9.87. The number of hydrogen-bond acceptors (Lipinski definition) is 4. The molecule has 4 aromatic heterocycles. The number of para-hydroxylation sites is 2. The second-order valence-corrected chi connectivity index (χ2v) is 11.3. The van der Waals surface area contributed by atoms with Crippen LogP contribution >= 0.6 is 22.9 Å². The van der Waals surface area contributed by atoms with Gasteiger partial charge in [-0.05, 0) is 46.8 Å². The first-order valence-corrected chi connectivity index (χ1v) is 13.8. The van der Waals surface area contributed by atoms with Crippen LogP contribution in [0, 0.1) is 0 Å². The summed E-state index contributed by atoms with van der Waals surface area (Å²) in [5.74, 6) is 1.05. The highest BCUT2D eigenvalue weighted by molar-refractivity contribution is 7.22. The first kappa shape index (κ1) is 20.8. The molecule has 0 fully saturated rings. The Labute approximate surface area is 226 Å². The van der Waals surface area contributed by atoms with Gasteiger partial charge in [0.1, 0.15) is 11.1 Å². The lowest BCUT2D eigenvalue weighted by atomic mass is 9.74. The number of aromatic nitrogens is 3. The summed E-state index contributed by atoms with van der Waals surface area (Å²) in [5, 5.41) is 3.69. The van der Waals surface area contributed by atoms with E-state index in [2.05, 4.69) is 82.4 Å². The van der Waals surface area contributed by atoms with Crippen molar-refractivity contribution in [2.75, 3.05) is 0 Å². The Kier molecular flexibility index (Phi) is 4.08. The first-order valence-electron chi connectivity index (χ1n) is 12.6. The predicted molar refractivity (Wildman–Crippen MR) is 156 cm³/mol. The molecule has 0 aliphatic heterocycles. The summed E-state index contributed by atoms with van der Waals surface area (Å²) in [4.78, 5) is 10.7. The van der Waals surface area contributed by atoms with Crippen LogP contribution in [0.4, 0.5) is 0 Å². The molecule has 0 N–H and O–H groups in total. The molecule has 3 aromatic carbocycles. The molecular weight excluding hydrogens is 510 g/mol. The van der Waals surface area contributed by atoms with Crippen LogP contribution < -0.4 is 0 Å².